The highest BCUT2D eigenvalue weighted by molar-refractivity contribution is 7.17. The summed E-state index contributed by atoms with van der Waals surface area (Å²) in [5, 5.41) is 5.99. The molecule has 1 atom stereocenters. The van der Waals surface area contributed by atoms with E-state index in [0.29, 0.717) is 6.54 Å². The van der Waals surface area contributed by atoms with E-state index in [1.54, 1.807) is 11.3 Å². The second kappa shape index (κ2) is 6.00. The smallest absolute Gasteiger partial charge is 0.326 e. The number of hydrogen-bond acceptors (Lipinski definition) is 4. The maximum Gasteiger partial charge on any atom is 0.326 e. The third-order valence-corrected chi connectivity index (χ3v) is 4.95. The van der Waals surface area contributed by atoms with Gasteiger partial charge in [-0.05, 0) is 34.5 Å². The zero-order chi connectivity index (χ0) is 16.6. The minimum Gasteiger partial charge on any atom is -0.352 e. The number of nitrogens with zero attached hydrogens (tertiary/aromatic N) is 2. The molecule has 0 spiro atoms. The number of likely N-dealkylation sites (N-methyl/N-ethyl adjacent to an activating group) is 2. The number of nitrogens with one attached hydrogen (secondary N) is 1. The van der Waals surface area contributed by atoms with Crippen molar-refractivity contribution in [1.29, 1.82) is 0 Å². The van der Waals surface area contributed by atoms with Crippen molar-refractivity contribution in [1.82, 2.24) is 15.1 Å². The van der Waals surface area contributed by atoms with E-state index in [9.17, 15) is 14.4 Å². The Morgan fingerprint density at radius 3 is 2.74 bits per heavy atom. The molecule has 1 saturated heterocycles. The molecule has 7 heteroatoms. The number of urea groups is 1. The molecule has 1 aromatic carbocycles. The van der Waals surface area contributed by atoms with Crippen LogP contribution in [0, 0.1) is 0 Å². The van der Waals surface area contributed by atoms with Gasteiger partial charge in [-0.15, -0.1) is 11.3 Å². The Morgan fingerprint density at radius 2 is 2.04 bits per heavy atom. The van der Waals surface area contributed by atoms with Crippen LogP contribution in [0.1, 0.15) is 12.0 Å². The molecule has 120 valence electrons. The van der Waals surface area contributed by atoms with Crippen molar-refractivity contribution in [3.8, 4) is 0 Å². The minimum atomic E-state index is -0.716. The van der Waals surface area contributed by atoms with Crippen molar-refractivity contribution in [3.63, 3.8) is 0 Å². The van der Waals surface area contributed by atoms with Gasteiger partial charge in [-0.2, -0.15) is 0 Å². The zero-order valence-corrected chi connectivity index (χ0v) is 13.7. The summed E-state index contributed by atoms with van der Waals surface area (Å²) in [6, 6.07) is 6.99. The molecule has 1 N–H and O–H groups in total. The van der Waals surface area contributed by atoms with Crippen molar-refractivity contribution >= 4 is 39.3 Å². The molecular weight excluding hydrogens is 314 g/mol. The van der Waals surface area contributed by atoms with Crippen LogP contribution in [-0.4, -0.2) is 47.8 Å². The number of amides is 4. The number of benzene rings is 1. The van der Waals surface area contributed by atoms with Gasteiger partial charge in [-0.1, -0.05) is 6.07 Å². The van der Waals surface area contributed by atoms with E-state index in [4.69, 9.17) is 0 Å². The normalized spacial score (nSPS) is 18.1. The van der Waals surface area contributed by atoms with Crippen LogP contribution < -0.4 is 5.32 Å². The predicted octanol–water partition coefficient (Wildman–Crippen LogP) is 1.80. The van der Waals surface area contributed by atoms with Gasteiger partial charge in [0.2, 0.25) is 5.91 Å². The molecule has 2 heterocycles. The van der Waals surface area contributed by atoms with Gasteiger partial charge < -0.3 is 10.2 Å². The first-order valence-electron chi connectivity index (χ1n) is 7.24. The SMILES string of the molecule is CN1C(=O)[C@@H](CC(=O)NCc2ccc3sccc3c2)N(C)C1=O. The summed E-state index contributed by atoms with van der Waals surface area (Å²) in [7, 11) is 2.96. The highest BCUT2D eigenvalue weighted by Gasteiger charge is 2.41. The molecule has 0 saturated carbocycles. The van der Waals surface area contributed by atoms with Crippen LogP contribution in [0.15, 0.2) is 29.6 Å². The van der Waals surface area contributed by atoms with Gasteiger partial charge in [-0.3, -0.25) is 14.5 Å². The molecule has 1 aromatic heterocycles. The van der Waals surface area contributed by atoms with E-state index in [-0.39, 0.29) is 24.3 Å². The Morgan fingerprint density at radius 1 is 1.26 bits per heavy atom. The lowest BCUT2D eigenvalue weighted by Gasteiger charge is -2.15. The highest BCUT2D eigenvalue weighted by atomic mass is 32.1. The number of carbonyl (C=O) groups is 3. The lowest BCUT2D eigenvalue weighted by molar-refractivity contribution is -0.131. The largest absolute Gasteiger partial charge is 0.352 e. The maximum atomic E-state index is 12.1. The quantitative estimate of drug-likeness (QED) is 0.869. The molecule has 23 heavy (non-hydrogen) atoms. The summed E-state index contributed by atoms with van der Waals surface area (Å²) >= 11 is 1.68. The lowest BCUT2D eigenvalue weighted by atomic mass is 10.1. The van der Waals surface area contributed by atoms with Gasteiger partial charge in [0.1, 0.15) is 6.04 Å². The van der Waals surface area contributed by atoms with Crippen LogP contribution >= 0.6 is 11.3 Å². The number of imide groups is 1. The number of thiophene rings is 1. The first-order chi connectivity index (χ1) is 11.0. The van der Waals surface area contributed by atoms with Gasteiger partial charge in [0, 0.05) is 25.3 Å². The lowest BCUT2D eigenvalue weighted by Crippen LogP contribution is -2.37. The monoisotopic (exact) mass is 331 g/mol. The first kappa shape index (κ1) is 15.5. The fourth-order valence-electron chi connectivity index (χ4n) is 2.65. The summed E-state index contributed by atoms with van der Waals surface area (Å²) in [6.07, 6.45) is -0.0217. The summed E-state index contributed by atoms with van der Waals surface area (Å²) in [5.41, 5.74) is 1.00. The van der Waals surface area contributed by atoms with E-state index < -0.39 is 6.04 Å². The molecule has 1 aliphatic rings. The van der Waals surface area contributed by atoms with Gasteiger partial charge in [0.15, 0.2) is 0 Å². The average molecular weight is 331 g/mol. The molecule has 4 amide bonds. The number of carbonyl (C=O) groups excluding carboxylic acids is 3. The molecule has 1 aliphatic heterocycles. The minimum absolute atomic E-state index is 0.0217. The van der Waals surface area contributed by atoms with Gasteiger partial charge in [0.25, 0.3) is 5.91 Å². The van der Waals surface area contributed by atoms with E-state index in [1.807, 2.05) is 29.6 Å². The molecule has 6 nitrogen and oxygen atoms in total. The Kier molecular flexibility index (Phi) is 4.04. The second-order valence-electron chi connectivity index (χ2n) is 5.58. The van der Waals surface area contributed by atoms with Crippen LogP contribution in [0.25, 0.3) is 10.1 Å². The molecule has 0 radical (unpaired) electrons. The van der Waals surface area contributed by atoms with Crippen LogP contribution in [0.4, 0.5) is 4.79 Å². The summed E-state index contributed by atoms with van der Waals surface area (Å²) in [4.78, 5) is 38.0. The predicted molar refractivity (Wildman–Crippen MR) is 88.0 cm³/mol. The Hall–Kier alpha value is -2.41. The van der Waals surface area contributed by atoms with E-state index >= 15 is 0 Å². The van der Waals surface area contributed by atoms with Crippen molar-refractivity contribution in [2.45, 2.75) is 19.0 Å². The third-order valence-electron chi connectivity index (χ3n) is 4.06. The number of rotatable bonds is 4. The number of fused-ring (bicyclic) bond motifs is 1. The topological polar surface area (TPSA) is 69.7 Å². The molecule has 0 aliphatic carbocycles. The Bertz CT molecular complexity index is 786. The van der Waals surface area contributed by atoms with E-state index in [0.717, 1.165) is 15.8 Å². The first-order valence-corrected chi connectivity index (χ1v) is 8.12. The fourth-order valence-corrected chi connectivity index (χ4v) is 3.42. The highest BCUT2D eigenvalue weighted by Crippen LogP contribution is 2.22. The molecule has 1 fully saturated rings. The van der Waals surface area contributed by atoms with Crippen LogP contribution in [0.3, 0.4) is 0 Å². The van der Waals surface area contributed by atoms with E-state index in [2.05, 4.69) is 5.32 Å². The Balaban J connectivity index is 1.59. The van der Waals surface area contributed by atoms with E-state index in [1.165, 1.54) is 23.7 Å². The third kappa shape index (κ3) is 2.92. The summed E-state index contributed by atoms with van der Waals surface area (Å²) in [5.74, 6) is -0.587. The van der Waals surface area contributed by atoms with Crippen molar-refractivity contribution in [3.05, 3.63) is 35.2 Å². The second-order valence-corrected chi connectivity index (χ2v) is 6.53. The zero-order valence-electron chi connectivity index (χ0n) is 12.9. The summed E-state index contributed by atoms with van der Waals surface area (Å²) < 4.78 is 1.21. The molecule has 0 unspecified atom stereocenters. The average Bonchev–Trinajstić information content (AvgIpc) is 3.08. The van der Waals surface area contributed by atoms with Gasteiger partial charge in [-0.25, -0.2) is 4.79 Å². The van der Waals surface area contributed by atoms with Crippen molar-refractivity contribution < 1.29 is 14.4 Å². The maximum absolute atomic E-state index is 12.1. The van der Waals surface area contributed by atoms with Crippen LogP contribution in [-0.2, 0) is 16.1 Å². The molecule has 2 aromatic rings. The summed E-state index contributed by atoms with van der Waals surface area (Å²) in [6.45, 7) is 0.402. The van der Waals surface area contributed by atoms with Crippen LogP contribution in [0.2, 0.25) is 0 Å². The van der Waals surface area contributed by atoms with Crippen LogP contribution in [0.5, 0.6) is 0 Å². The molecular formula is C16H17N3O3S. The van der Waals surface area contributed by atoms with Gasteiger partial charge >= 0.3 is 6.03 Å². The van der Waals surface area contributed by atoms with Crippen molar-refractivity contribution in [2.24, 2.45) is 0 Å². The van der Waals surface area contributed by atoms with Crippen molar-refractivity contribution in [2.75, 3.05) is 14.1 Å². The van der Waals surface area contributed by atoms with Gasteiger partial charge in [0.05, 0.1) is 6.42 Å². The molecule has 0 bridgehead atoms. The number of hydrogen-bond donors (Lipinski definition) is 1. The molecule has 3 rings (SSSR count). The standard InChI is InChI=1S/C16H17N3O3S/c1-18-12(15(21)19(2)16(18)22)8-14(20)17-9-10-3-4-13-11(7-10)5-6-23-13/h3-7,12H,8-9H2,1-2H3,(H,17,20)/t12-/m1/s1. The fraction of sp³-hybridized carbons (Fsp3) is 0.312. The Labute approximate surface area is 137 Å².